The summed E-state index contributed by atoms with van der Waals surface area (Å²) in [4.78, 5) is 27.5. The predicted octanol–water partition coefficient (Wildman–Crippen LogP) is 0.647. The molecule has 0 radical (unpaired) electrons. The van der Waals surface area contributed by atoms with Gasteiger partial charge in [-0.15, -0.1) is 0 Å². The summed E-state index contributed by atoms with van der Waals surface area (Å²) in [6, 6.07) is 0.0766. The van der Waals surface area contributed by atoms with Crippen molar-refractivity contribution in [3.63, 3.8) is 0 Å². The highest BCUT2D eigenvalue weighted by Gasteiger charge is 2.08. The van der Waals surface area contributed by atoms with E-state index in [2.05, 4.69) is 30.6 Å². The Hall–Kier alpha value is -2.22. The van der Waals surface area contributed by atoms with Gasteiger partial charge in [0.2, 0.25) is 23.1 Å². The molecular formula is C11H14ClN7O. The lowest BCUT2D eigenvalue weighted by Crippen LogP contribution is -2.35. The number of nitrogens with one attached hydrogen (secondary N) is 2. The van der Waals surface area contributed by atoms with Gasteiger partial charge in [-0.05, 0) is 25.4 Å². The van der Waals surface area contributed by atoms with E-state index in [9.17, 15) is 4.79 Å². The first-order chi connectivity index (χ1) is 9.54. The fraction of sp³-hybridized carbons (Fsp3) is 0.364. The molecule has 2 aromatic rings. The summed E-state index contributed by atoms with van der Waals surface area (Å²) in [5, 5.41) is 5.59. The summed E-state index contributed by atoms with van der Waals surface area (Å²) in [5.41, 5.74) is 0. The van der Waals surface area contributed by atoms with Crippen LogP contribution in [0.1, 0.15) is 13.8 Å². The first-order valence-corrected chi connectivity index (χ1v) is 6.35. The Labute approximate surface area is 120 Å². The third kappa shape index (κ3) is 3.89. The number of imidazole rings is 1. The zero-order chi connectivity index (χ0) is 14.5. The molecule has 8 nitrogen and oxygen atoms in total. The summed E-state index contributed by atoms with van der Waals surface area (Å²) in [6.07, 6.45) is 4.82. The Morgan fingerprint density at radius 2 is 2.20 bits per heavy atom. The minimum Gasteiger partial charge on any atom is -0.352 e. The number of amides is 1. The van der Waals surface area contributed by atoms with Gasteiger partial charge in [0.15, 0.2) is 0 Å². The van der Waals surface area contributed by atoms with Crippen LogP contribution in [-0.4, -0.2) is 43.0 Å². The van der Waals surface area contributed by atoms with Crippen molar-refractivity contribution in [2.24, 2.45) is 0 Å². The molecule has 0 saturated heterocycles. The van der Waals surface area contributed by atoms with Crippen LogP contribution in [0.25, 0.3) is 5.95 Å². The summed E-state index contributed by atoms with van der Waals surface area (Å²) in [5.74, 6) is 0.405. The normalized spacial score (nSPS) is 10.6. The number of halogens is 1. The van der Waals surface area contributed by atoms with Crippen LogP contribution in [0.3, 0.4) is 0 Å². The molecule has 0 unspecified atom stereocenters. The smallest absolute Gasteiger partial charge is 0.241 e. The molecule has 2 aromatic heterocycles. The van der Waals surface area contributed by atoms with Crippen LogP contribution in [0.5, 0.6) is 0 Å². The topological polar surface area (TPSA) is 97.6 Å². The maximum atomic E-state index is 11.5. The lowest BCUT2D eigenvalue weighted by molar-refractivity contribution is -0.119. The van der Waals surface area contributed by atoms with Crippen molar-refractivity contribution in [2.75, 3.05) is 11.9 Å². The van der Waals surface area contributed by atoms with Crippen molar-refractivity contribution >= 4 is 23.5 Å². The van der Waals surface area contributed by atoms with Gasteiger partial charge in [0.25, 0.3) is 0 Å². The first kappa shape index (κ1) is 14.2. The highest BCUT2D eigenvalue weighted by molar-refractivity contribution is 6.28. The number of rotatable bonds is 5. The van der Waals surface area contributed by atoms with Crippen molar-refractivity contribution in [2.45, 2.75) is 19.9 Å². The van der Waals surface area contributed by atoms with Gasteiger partial charge in [-0.25, -0.2) is 4.98 Å². The van der Waals surface area contributed by atoms with Gasteiger partial charge in [-0.2, -0.15) is 15.0 Å². The highest BCUT2D eigenvalue weighted by Crippen LogP contribution is 2.08. The number of hydrogen-bond acceptors (Lipinski definition) is 6. The zero-order valence-corrected chi connectivity index (χ0v) is 11.8. The van der Waals surface area contributed by atoms with E-state index in [0.717, 1.165) is 0 Å². The maximum Gasteiger partial charge on any atom is 0.241 e. The minimum absolute atomic E-state index is 0.0375. The van der Waals surface area contributed by atoms with Gasteiger partial charge in [-0.1, -0.05) is 0 Å². The van der Waals surface area contributed by atoms with Crippen molar-refractivity contribution in [3.8, 4) is 5.95 Å². The van der Waals surface area contributed by atoms with Crippen LogP contribution in [0.15, 0.2) is 18.7 Å². The molecule has 0 aromatic carbocycles. The second-order valence-corrected chi connectivity index (χ2v) is 4.61. The molecule has 0 aliphatic heterocycles. The van der Waals surface area contributed by atoms with Gasteiger partial charge >= 0.3 is 0 Å². The van der Waals surface area contributed by atoms with Crippen molar-refractivity contribution in [1.82, 2.24) is 29.8 Å². The molecule has 20 heavy (non-hydrogen) atoms. The average molecular weight is 296 g/mol. The summed E-state index contributed by atoms with van der Waals surface area (Å²) in [7, 11) is 0. The Morgan fingerprint density at radius 3 is 2.85 bits per heavy atom. The third-order valence-corrected chi connectivity index (χ3v) is 2.36. The Morgan fingerprint density at radius 1 is 1.40 bits per heavy atom. The molecule has 0 aliphatic carbocycles. The summed E-state index contributed by atoms with van der Waals surface area (Å²) in [6.45, 7) is 3.82. The van der Waals surface area contributed by atoms with Crippen LogP contribution < -0.4 is 10.6 Å². The molecule has 0 bridgehead atoms. The minimum atomic E-state index is -0.152. The van der Waals surface area contributed by atoms with Crippen LogP contribution in [0, 0.1) is 0 Å². The molecule has 0 saturated carbocycles. The first-order valence-electron chi connectivity index (χ1n) is 5.97. The second-order valence-electron chi connectivity index (χ2n) is 4.27. The van der Waals surface area contributed by atoms with E-state index in [1.54, 1.807) is 23.3 Å². The molecule has 0 atom stereocenters. The highest BCUT2D eigenvalue weighted by atomic mass is 35.5. The van der Waals surface area contributed by atoms with E-state index in [1.807, 2.05) is 13.8 Å². The Bertz CT molecular complexity index is 584. The quantitative estimate of drug-likeness (QED) is 0.840. The lowest BCUT2D eigenvalue weighted by atomic mass is 10.4. The maximum absolute atomic E-state index is 11.5. The van der Waals surface area contributed by atoms with E-state index < -0.39 is 0 Å². The second kappa shape index (κ2) is 6.29. The molecule has 0 spiro atoms. The molecule has 2 heterocycles. The molecule has 0 fully saturated rings. The van der Waals surface area contributed by atoms with E-state index >= 15 is 0 Å². The molecule has 0 aliphatic rings. The van der Waals surface area contributed by atoms with E-state index in [1.165, 1.54) is 0 Å². The standard InChI is InChI=1S/C11H14ClN7O/c1-7(2)15-8(20)5-14-10-16-9(12)17-11(18-10)19-4-3-13-6-19/h3-4,6-7H,5H2,1-2H3,(H,15,20)(H,14,16,17,18). The van der Waals surface area contributed by atoms with E-state index in [0.29, 0.717) is 5.95 Å². The Balaban J connectivity index is 2.07. The average Bonchev–Trinajstić information content (AvgIpc) is 2.89. The molecule has 2 N–H and O–H groups in total. The summed E-state index contributed by atoms with van der Waals surface area (Å²) < 4.78 is 1.59. The fourth-order valence-electron chi connectivity index (χ4n) is 1.44. The molecular weight excluding hydrogens is 282 g/mol. The number of nitrogens with zero attached hydrogens (tertiary/aromatic N) is 5. The van der Waals surface area contributed by atoms with Gasteiger partial charge < -0.3 is 10.6 Å². The number of hydrogen-bond donors (Lipinski definition) is 2. The number of anilines is 1. The van der Waals surface area contributed by atoms with Crippen molar-refractivity contribution < 1.29 is 4.79 Å². The SMILES string of the molecule is CC(C)NC(=O)CNc1nc(Cl)nc(-n2ccnc2)n1. The number of aromatic nitrogens is 5. The Kier molecular flexibility index (Phi) is 4.46. The predicted molar refractivity (Wildman–Crippen MR) is 73.7 cm³/mol. The fourth-order valence-corrected chi connectivity index (χ4v) is 1.60. The molecule has 2 rings (SSSR count). The number of carbonyl (C=O) groups excluding carboxylic acids is 1. The van der Waals surface area contributed by atoms with Gasteiger partial charge in [-0.3, -0.25) is 9.36 Å². The summed E-state index contributed by atoms with van der Waals surface area (Å²) >= 11 is 5.83. The molecule has 1 amide bonds. The van der Waals surface area contributed by atoms with Gasteiger partial charge in [0, 0.05) is 18.4 Å². The van der Waals surface area contributed by atoms with Crippen molar-refractivity contribution in [1.29, 1.82) is 0 Å². The van der Waals surface area contributed by atoms with Crippen molar-refractivity contribution in [3.05, 3.63) is 24.0 Å². The lowest BCUT2D eigenvalue weighted by Gasteiger charge is -2.09. The monoisotopic (exact) mass is 295 g/mol. The molecule has 106 valence electrons. The van der Waals surface area contributed by atoms with Crippen LogP contribution in [0.2, 0.25) is 5.28 Å². The number of carbonyl (C=O) groups is 1. The largest absolute Gasteiger partial charge is 0.352 e. The molecule has 9 heteroatoms. The van der Waals surface area contributed by atoms with E-state index in [4.69, 9.17) is 11.6 Å². The van der Waals surface area contributed by atoms with Crippen LogP contribution in [0.4, 0.5) is 5.95 Å². The van der Waals surface area contributed by atoms with Crippen LogP contribution >= 0.6 is 11.6 Å². The third-order valence-electron chi connectivity index (χ3n) is 2.19. The van der Waals surface area contributed by atoms with E-state index in [-0.39, 0.29) is 29.7 Å². The van der Waals surface area contributed by atoms with Crippen LogP contribution in [-0.2, 0) is 4.79 Å². The van der Waals surface area contributed by atoms with Gasteiger partial charge in [0.1, 0.15) is 6.33 Å². The zero-order valence-electron chi connectivity index (χ0n) is 11.0. The van der Waals surface area contributed by atoms with Gasteiger partial charge in [0.05, 0.1) is 6.54 Å².